The van der Waals surface area contributed by atoms with E-state index in [0.717, 1.165) is 52.5 Å². The zero-order valence-electron chi connectivity index (χ0n) is 13.0. The predicted molar refractivity (Wildman–Crippen MR) is 79.8 cm³/mol. The van der Waals surface area contributed by atoms with E-state index in [2.05, 4.69) is 16.7 Å². The Morgan fingerprint density at radius 1 is 1.20 bits per heavy atom. The van der Waals surface area contributed by atoms with E-state index in [1.54, 1.807) is 0 Å². The molecule has 0 saturated carbocycles. The van der Waals surface area contributed by atoms with Crippen molar-refractivity contribution in [2.24, 2.45) is 0 Å². The number of hydrogen-bond donors (Lipinski definition) is 0. The number of rotatable bonds is 6. The average Bonchev–Trinajstić information content (AvgIpc) is 2.95. The molecule has 2 aliphatic rings. The van der Waals surface area contributed by atoms with Crippen LogP contribution < -0.4 is 0 Å². The Labute approximate surface area is 122 Å². The Kier molecular flexibility index (Phi) is 6.26. The maximum atomic E-state index is 12.2. The Morgan fingerprint density at radius 3 is 2.60 bits per heavy atom. The number of ether oxygens (including phenoxy) is 1. The van der Waals surface area contributed by atoms with Gasteiger partial charge in [0.25, 0.3) is 0 Å². The monoisotopic (exact) mass is 283 g/mol. The third kappa shape index (κ3) is 4.43. The van der Waals surface area contributed by atoms with Crippen molar-refractivity contribution in [1.82, 2.24) is 14.7 Å². The number of amides is 1. The third-order valence-corrected chi connectivity index (χ3v) is 4.39. The van der Waals surface area contributed by atoms with Crippen LogP contribution in [-0.4, -0.2) is 85.7 Å². The molecule has 0 N–H and O–H groups in total. The van der Waals surface area contributed by atoms with Crippen molar-refractivity contribution in [3.05, 3.63) is 0 Å². The summed E-state index contributed by atoms with van der Waals surface area (Å²) in [6, 6.07) is 0.510. The van der Waals surface area contributed by atoms with Crippen LogP contribution in [0.15, 0.2) is 0 Å². The van der Waals surface area contributed by atoms with Crippen LogP contribution in [0.4, 0.5) is 0 Å². The number of likely N-dealkylation sites (tertiary alicyclic amines) is 1. The van der Waals surface area contributed by atoms with Gasteiger partial charge in [-0.3, -0.25) is 14.6 Å². The summed E-state index contributed by atoms with van der Waals surface area (Å²) in [4.78, 5) is 19.0. The highest BCUT2D eigenvalue weighted by Crippen LogP contribution is 2.12. The summed E-state index contributed by atoms with van der Waals surface area (Å²) >= 11 is 0. The third-order valence-electron chi connectivity index (χ3n) is 4.39. The van der Waals surface area contributed by atoms with E-state index < -0.39 is 0 Å². The highest BCUT2D eigenvalue weighted by atomic mass is 16.5. The van der Waals surface area contributed by atoms with Gasteiger partial charge >= 0.3 is 0 Å². The normalized spacial score (nSPS) is 25.3. The lowest BCUT2D eigenvalue weighted by Crippen LogP contribution is -2.54. The van der Waals surface area contributed by atoms with Gasteiger partial charge in [0.15, 0.2) is 0 Å². The van der Waals surface area contributed by atoms with Crippen LogP contribution in [0, 0.1) is 0 Å². The van der Waals surface area contributed by atoms with Crippen LogP contribution in [0.5, 0.6) is 0 Å². The molecule has 116 valence electrons. The molecular formula is C15H29N3O2. The van der Waals surface area contributed by atoms with Crippen LogP contribution >= 0.6 is 0 Å². The summed E-state index contributed by atoms with van der Waals surface area (Å²) < 4.78 is 5.43. The molecule has 2 aliphatic heterocycles. The van der Waals surface area contributed by atoms with Crippen molar-refractivity contribution < 1.29 is 9.53 Å². The van der Waals surface area contributed by atoms with Crippen LogP contribution in [0.2, 0.25) is 0 Å². The van der Waals surface area contributed by atoms with Crippen molar-refractivity contribution >= 4 is 5.91 Å². The van der Waals surface area contributed by atoms with Crippen LogP contribution in [0.25, 0.3) is 0 Å². The number of nitrogens with zero attached hydrogens (tertiary/aromatic N) is 3. The van der Waals surface area contributed by atoms with Gasteiger partial charge in [-0.15, -0.1) is 0 Å². The predicted octanol–water partition coefficient (Wildman–Crippen LogP) is 0.651. The molecule has 20 heavy (non-hydrogen) atoms. The van der Waals surface area contributed by atoms with Crippen molar-refractivity contribution in [2.75, 3.05) is 59.0 Å². The first-order chi connectivity index (χ1) is 9.70. The fraction of sp³-hybridized carbons (Fsp3) is 0.933. The van der Waals surface area contributed by atoms with Crippen molar-refractivity contribution in [1.29, 1.82) is 0 Å². The number of piperazine rings is 1. The standard InChI is InChI=1S/C15H29N3O2/c1-3-20-11-10-17-9-8-16(12-14(17)2)13-15(19)18-6-4-5-7-18/h14H,3-13H2,1-2H3/t14-/m1/s1. The molecule has 0 unspecified atom stereocenters. The molecule has 0 aliphatic carbocycles. The molecule has 2 heterocycles. The minimum Gasteiger partial charge on any atom is -0.380 e. The summed E-state index contributed by atoms with van der Waals surface area (Å²) in [5.41, 5.74) is 0. The molecular weight excluding hydrogens is 254 g/mol. The van der Waals surface area contributed by atoms with E-state index in [4.69, 9.17) is 4.74 Å². The summed E-state index contributed by atoms with van der Waals surface area (Å²) in [5.74, 6) is 0.317. The minimum atomic E-state index is 0.317. The molecule has 0 radical (unpaired) electrons. The molecule has 1 amide bonds. The maximum Gasteiger partial charge on any atom is 0.236 e. The highest BCUT2D eigenvalue weighted by molar-refractivity contribution is 5.78. The zero-order chi connectivity index (χ0) is 14.4. The highest BCUT2D eigenvalue weighted by Gasteiger charge is 2.26. The van der Waals surface area contributed by atoms with Crippen molar-refractivity contribution in [3.8, 4) is 0 Å². The Balaban J connectivity index is 1.70. The first-order valence-electron chi connectivity index (χ1n) is 8.02. The maximum absolute atomic E-state index is 12.2. The second kappa shape index (κ2) is 7.96. The molecule has 0 aromatic rings. The van der Waals surface area contributed by atoms with E-state index in [9.17, 15) is 4.79 Å². The fourth-order valence-electron chi connectivity index (χ4n) is 3.13. The van der Waals surface area contributed by atoms with E-state index in [-0.39, 0.29) is 0 Å². The van der Waals surface area contributed by atoms with E-state index in [0.29, 0.717) is 18.5 Å². The summed E-state index contributed by atoms with van der Waals surface area (Å²) in [5, 5.41) is 0. The smallest absolute Gasteiger partial charge is 0.236 e. The number of hydrogen-bond acceptors (Lipinski definition) is 4. The summed E-state index contributed by atoms with van der Waals surface area (Å²) in [6.07, 6.45) is 2.35. The summed E-state index contributed by atoms with van der Waals surface area (Å²) in [6.45, 7) is 12.4. The lowest BCUT2D eigenvalue weighted by atomic mass is 10.2. The van der Waals surface area contributed by atoms with Gasteiger partial charge in [-0.2, -0.15) is 0 Å². The topological polar surface area (TPSA) is 36.0 Å². The molecule has 5 heteroatoms. The van der Waals surface area contributed by atoms with E-state index in [1.807, 2.05) is 11.8 Å². The van der Waals surface area contributed by atoms with Gasteiger partial charge in [0, 0.05) is 51.9 Å². The lowest BCUT2D eigenvalue weighted by molar-refractivity contribution is -0.132. The van der Waals surface area contributed by atoms with Gasteiger partial charge in [-0.05, 0) is 26.7 Å². The van der Waals surface area contributed by atoms with Crippen molar-refractivity contribution in [3.63, 3.8) is 0 Å². The van der Waals surface area contributed by atoms with Gasteiger partial charge in [-0.25, -0.2) is 0 Å². The average molecular weight is 283 g/mol. The largest absolute Gasteiger partial charge is 0.380 e. The van der Waals surface area contributed by atoms with E-state index in [1.165, 1.54) is 12.8 Å². The minimum absolute atomic E-state index is 0.317. The molecule has 0 bridgehead atoms. The lowest BCUT2D eigenvalue weighted by Gasteiger charge is -2.39. The molecule has 0 aromatic carbocycles. The van der Waals surface area contributed by atoms with E-state index >= 15 is 0 Å². The zero-order valence-corrected chi connectivity index (χ0v) is 13.0. The summed E-state index contributed by atoms with van der Waals surface area (Å²) in [7, 11) is 0. The molecule has 2 fully saturated rings. The Morgan fingerprint density at radius 2 is 1.95 bits per heavy atom. The number of carbonyl (C=O) groups excluding carboxylic acids is 1. The molecule has 2 saturated heterocycles. The molecule has 0 spiro atoms. The quantitative estimate of drug-likeness (QED) is 0.671. The first-order valence-corrected chi connectivity index (χ1v) is 8.02. The van der Waals surface area contributed by atoms with Crippen molar-refractivity contribution in [2.45, 2.75) is 32.7 Å². The Bertz CT molecular complexity index is 305. The van der Waals surface area contributed by atoms with Gasteiger partial charge in [0.05, 0.1) is 13.2 Å². The number of carbonyl (C=O) groups is 1. The van der Waals surface area contributed by atoms with Gasteiger partial charge in [0.2, 0.25) is 5.91 Å². The molecule has 0 aromatic heterocycles. The van der Waals surface area contributed by atoms with Crippen LogP contribution in [0.3, 0.4) is 0 Å². The van der Waals surface area contributed by atoms with Gasteiger partial charge in [-0.1, -0.05) is 0 Å². The van der Waals surface area contributed by atoms with Gasteiger partial charge < -0.3 is 9.64 Å². The molecule has 1 atom stereocenters. The second-order valence-corrected chi connectivity index (χ2v) is 5.90. The van der Waals surface area contributed by atoms with Crippen LogP contribution in [-0.2, 0) is 9.53 Å². The SMILES string of the molecule is CCOCCN1CCN(CC(=O)N2CCCC2)C[C@H]1C. The molecule has 2 rings (SSSR count). The first kappa shape index (κ1) is 15.7. The van der Waals surface area contributed by atoms with Gasteiger partial charge in [0.1, 0.15) is 0 Å². The second-order valence-electron chi connectivity index (χ2n) is 5.90. The van der Waals surface area contributed by atoms with Crippen LogP contribution in [0.1, 0.15) is 26.7 Å². The Hall–Kier alpha value is -0.650. The molecule has 5 nitrogen and oxygen atoms in total. The fourth-order valence-corrected chi connectivity index (χ4v) is 3.13.